The van der Waals surface area contributed by atoms with E-state index in [0.717, 1.165) is 13.1 Å². The van der Waals surface area contributed by atoms with Gasteiger partial charge in [-0.2, -0.15) is 0 Å². The summed E-state index contributed by atoms with van der Waals surface area (Å²) < 4.78 is 0. The Kier molecular flexibility index (Phi) is 13.1. The van der Waals surface area contributed by atoms with Crippen molar-refractivity contribution >= 4 is 11.4 Å². The van der Waals surface area contributed by atoms with Gasteiger partial charge in [0.2, 0.25) is 0 Å². The van der Waals surface area contributed by atoms with Crippen molar-refractivity contribution in [2.45, 2.75) is 86.0 Å². The van der Waals surface area contributed by atoms with Gasteiger partial charge < -0.3 is 0 Å². The van der Waals surface area contributed by atoms with Gasteiger partial charge in [0.1, 0.15) is 5.78 Å². The first-order chi connectivity index (χ1) is 14.0. The number of benzene rings is 1. The number of carbonyl (C=O) groups excluding carboxylic acids is 1. The van der Waals surface area contributed by atoms with Crippen molar-refractivity contribution in [3.63, 3.8) is 0 Å². The minimum atomic E-state index is 0.134. The zero-order chi connectivity index (χ0) is 21.5. The lowest BCUT2D eigenvalue weighted by atomic mass is 9.96. The van der Waals surface area contributed by atoms with Crippen LogP contribution in [0.25, 0.3) is 5.57 Å². The van der Waals surface area contributed by atoms with Crippen molar-refractivity contribution < 1.29 is 4.79 Å². The van der Waals surface area contributed by atoms with Crippen LogP contribution in [0.4, 0.5) is 0 Å². The third kappa shape index (κ3) is 11.7. The smallest absolute Gasteiger partial charge is 0.141 e. The summed E-state index contributed by atoms with van der Waals surface area (Å²) in [6.07, 6.45) is 13.0. The standard InChI is InChI=1S/C15H21N.C6H8O.C6H12/c1-4-16-7-5-14(6-8-16)15-10-12(2)9-13(3)11-15;1-3-4-5-6(2)7;1-2-4-6-5-3-1/h5,9-11H,4,6-8H2,1-3H3;5H2,1-2H3;1-6H2. The van der Waals surface area contributed by atoms with Gasteiger partial charge in [-0.3, -0.25) is 9.69 Å². The Morgan fingerprint density at radius 3 is 1.90 bits per heavy atom. The molecule has 2 nitrogen and oxygen atoms in total. The molecule has 1 fully saturated rings. The van der Waals surface area contributed by atoms with Crippen LogP contribution in [0, 0.1) is 25.7 Å². The van der Waals surface area contributed by atoms with E-state index in [-0.39, 0.29) is 5.78 Å². The van der Waals surface area contributed by atoms with E-state index in [1.54, 1.807) is 6.92 Å². The van der Waals surface area contributed by atoms with Gasteiger partial charge in [-0.25, -0.2) is 0 Å². The summed E-state index contributed by atoms with van der Waals surface area (Å²) in [5.41, 5.74) is 5.69. The zero-order valence-corrected chi connectivity index (χ0v) is 19.4. The fraction of sp³-hybridized carbons (Fsp3) is 0.593. The SMILES string of the molecule is C1CCCCC1.CC#CCC(C)=O.CCN1CC=C(c2cc(C)cc(C)c2)CC1. The van der Waals surface area contributed by atoms with Crippen LogP contribution in [0.2, 0.25) is 0 Å². The van der Waals surface area contributed by atoms with Crippen LogP contribution < -0.4 is 0 Å². The number of hydrogen-bond donors (Lipinski definition) is 0. The van der Waals surface area contributed by atoms with Gasteiger partial charge in [0.15, 0.2) is 0 Å². The molecule has 1 aromatic carbocycles. The zero-order valence-electron chi connectivity index (χ0n) is 19.4. The second-order valence-electron chi connectivity index (χ2n) is 8.18. The maximum Gasteiger partial charge on any atom is 0.141 e. The summed E-state index contributed by atoms with van der Waals surface area (Å²) in [5.74, 6) is 5.41. The fourth-order valence-corrected chi connectivity index (χ4v) is 3.69. The number of carbonyl (C=O) groups is 1. The highest BCUT2D eigenvalue weighted by molar-refractivity contribution is 5.77. The van der Waals surface area contributed by atoms with Crippen molar-refractivity contribution in [3.05, 3.63) is 41.0 Å². The molecular formula is C27H41NO. The van der Waals surface area contributed by atoms with Crippen LogP contribution in [0.1, 0.15) is 88.8 Å². The number of likely N-dealkylation sites (N-methyl/N-ethyl adjacent to an activating group) is 1. The molecule has 160 valence electrons. The van der Waals surface area contributed by atoms with Crippen LogP contribution >= 0.6 is 0 Å². The van der Waals surface area contributed by atoms with Crippen molar-refractivity contribution in [2.24, 2.45) is 0 Å². The summed E-state index contributed by atoms with van der Waals surface area (Å²) in [5, 5.41) is 0. The summed E-state index contributed by atoms with van der Waals surface area (Å²) in [4.78, 5) is 12.6. The summed E-state index contributed by atoms with van der Waals surface area (Å²) >= 11 is 0. The maximum absolute atomic E-state index is 10.1. The van der Waals surface area contributed by atoms with Crippen LogP contribution in [0.15, 0.2) is 24.3 Å². The number of aryl methyl sites for hydroxylation is 2. The highest BCUT2D eigenvalue weighted by Gasteiger charge is 2.11. The van der Waals surface area contributed by atoms with Crippen LogP contribution in [-0.2, 0) is 4.79 Å². The van der Waals surface area contributed by atoms with Gasteiger partial charge in [-0.1, -0.05) is 86.8 Å². The molecule has 0 spiro atoms. The van der Waals surface area contributed by atoms with E-state index in [2.05, 4.69) is 61.8 Å². The molecule has 0 atom stereocenters. The second-order valence-corrected chi connectivity index (χ2v) is 8.18. The summed E-state index contributed by atoms with van der Waals surface area (Å²) in [7, 11) is 0. The first-order valence-corrected chi connectivity index (χ1v) is 11.3. The van der Waals surface area contributed by atoms with Crippen molar-refractivity contribution in [2.75, 3.05) is 19.6 Å². The van der Waals surface area contributed by atoms with Gasteiger partial charge in [-0.05, 0) is 51.8 Å². The molecule has 0 N–H and O–H groups in total. The van der Waals surface area contributed by atoms with Crippen molar-refractivity contribution in [1.82, 2.24) is 4.90 Å². The molecule has 1 heterocycles. The molecule has 1 saturated carbocycles. The normalized spacial score (nSPS) is 16.1. The first-order valence-electron chi connectivity index (χ1n) is 11.3. The minimum absolute atomic E-state index is 0.134. The third-order valence-corrected chi connectivity index (χ3v) is 5.35. The average Bonchev–Trinajstić information content (AvgIpc) is 2.74. The lowest BCUT2D eigenvalue weighted by Crippen LogP contribution is -2.28. The van der Waals surface area contributed by atoms with Crippen LogP contribution in [0.3, 0.4) is 0 Å². The monoisotopic (exact) mass is 395 g/mol. The largest absolute Gasteiger partial charge is 0.300 e. The van der Waals surface area contributed by atoms with E-state index in [0.29, 0.717) is 6.42 Å². The summed E-state index contributed by atoms with van der Waals surface area (Å²) in [6.45, 7) is 13.3. The van der Waals surface area contributed by atoms with E-state index < -0.39 is 0 Å². The molecule has 0 bridgehead atoms. The van der Waals surface area contributed by atoms with E-state index in [1.807, 2.05) is 0 Å². The molecule has 2 heteroatoms. The third-order valence-electron chi connectivity index (χ3n) is 5.35. The molecule has 0 amide bonds. The van der Waals surface area contributed by atoms with Crippen molar-refractivity contribution in [1.29, 1.82) is 0 Å². The van der Waals surface area contributed by atoms with Gasteiger partial charge in [0, 0.05) is 13.1 Å². The Labute approximate surface area is 179 Å². The number of Topliss-reactive ketones (excluding diaryl/α,β-unsaturated/α-hetero) is 1. The number of nitrogens with zero attached hydrogens (tertiary/aromatic N) is 1. The number of hydrogen-bond acceptors (Lipinski definition) is 2. The van der Waals surface area contributed by atoms with E-state index >= 15 is 0 Å². The molecule has 1 aromatic rings. The lowest BCUT2D eigenvalue weighted by Gasteiger charge is -2.25. The Balaban J connectivity index is 0.000000267. The highest BCUT2D eigenvalue weighted by Crippen LogP contribution is 2.24. The molecule has 0 saturated heterocycles. The summed E-state index contributed by atoms with van der Waals surface area (Å²) in [6, 6.07) is 6.85. The first kappa shape index (κ1) is 25.2. The second kappa shape index (κ2) is 15.1. The molecule has 0 aromatic heterocycles. The Morgan fingerprint density at radius 2 is 1.55 bits per heavy atom. The van der Waals surface area contributed by atoms with Crippen LogP contribution in [0.5, 0.6) is 0 Å². The fourth-order valence-electron chi connectivity index (χ4n) is 3.69. The maximum atomic E-state index is 10.1. The van der Waals surface area contributed by atoms with E-state index in [4.69, 9.17) is 0 Å². The number of ketones is 1. The number of rotatable bonds is 3. The van der Waals surface area contributed by atoms with Crippen molar-refractivity contribution in [3.8, 4) is 11.8 Å². The Hall–Kier alpha value is -1.85. The predicted molar refractivity (Wildman–Crippen MR) is 127 cm³/mol. The average molecular weight is 396 g/mol. The van der Waals surface area contributed by atoms with Gasteiger partial charge in [0.05, 0.1) is 6.42 Å². The van der Waals surface area contributed by atoms with Gasteiger partial charge in [-0.15, -0.1) is 5.92 Å². The molecule has 3 rings (SSSR count). The van der Waals surface area contributed by atoms with E-state index in [9.17, 15) is 4.79 Å². The highest BCUT2D eigenvalue weighted by atomic mass is 16.1. The topological polar surface area (TPSA) is 20.3 Å². The van der Waals surface area contributed by atoms with E-state index in [1.165, 1.54) is 80.7 Å². The molecule has 1 aliphatic heterocycles. The predicted octanol–water partition coefficient (Wildman–Crippen LogP) is 6.74. The molecule has 0 radical (unpaired) electrons. The van der Waals surface area contributed by atoms with Gasteiger partial charge in [0.25, 0.3) is 0 Å². The quantitative estimate of drug-likeness (QED) is 0.528. The molecule has 29 heavy (non-hydrogen) atoms. The minimum Gasteiger partial charge on any atom is -0.300 e. The molecule has 1 aliphatic carbocycles. The van der Waals surface area contributed by atoms with Crippen LogP contribution in [-0.4, -0.2) is 30.3 Å². The molecule has 2 aliphatic rings. The Bertz CT molecular complexity index is 669. The molecule has 0 unspecified atom stereocenters. The van der Waals surface area contributed by atoms with Gasteiger partial charge >= 0.3 is 0 Å². The Morgan fingerprint density at radius 1 is 1.00 bits per heavy atom. The lowest BCUT2D eigenvalue weighted by molar-refractivity contribution is -0.116. The molecular weight excluding hydrogens is 354 g/mol.